The Morgan fingerprint density at radius 1 is 1.08 bits per heavy atom. The van der Waals surface area contributed by atoms with Gasteiger partial charge < -0.3 is 10.2 Å². The van der Waals surface area contributed by atoms with Crippen LogP contribution in [0, 0.1) is 0 Å². The zero-order valence-electron chi connectivity index (χ0n) is 13.6. The Morgan fingerprint density at radius 3 is 2.50 bits per heavy atom. The van der Waals surface area contributed by atoms with Crippen LogP contribution in [0.15, 0.2) is 42.5 Å². The van der Waals surface area contributed by atoms with E-state index >= 15 is 0 Å². The number of anilines is 1. The van der Waals surface area contributed by atoms with Crippen molar-refractivity contribution in [1.82, 2.24) is 4.90 Å². The van der Waals surface area contributed by atoms with Crippen LogP contribution in [0.5, 0.6) is 0 Å². The van der Waals surface area contributed by atoms with Gasteiger partial charge >= 0.3 is 0 Å². The number of hydrogen-bond acceptors (Lipinski definition) is 3. The van der Waals surface area contributed by atoms with Crippen molar-refractivity contribution in [2.24, 2.45) is 0 Å². The number of likely N-dealkylation sites (tertiary alicyclic amines) is 1. The smallest absolute Gasteiger partial charge is 0.196 e. The van der Waals surface area contributed by atoms with Gasteiger partial charge in [0.15, 0.2) is 5.78 Å². The van der Waals surface area contributed by atoms with Gasteiger partial charge in [0.1, 0.15) is 0 Å². The highest BCUT2D eigenvalue weighted by molar-refractivity contribution is 6.35. The normalized spacial score (nSPS) is 16.1. The van der Waals surface area contributed by atoms with Gasteiger partial charge in [0.05, 0.1) is 5.02 Å². The van der Waals surface area contributed by atoms with E-state index < -0.39 is 0 Å². The first-order valence-corrected chi connectivity index (χ1v) is 8.84. The molecule has 126 valence electrons. The summed E-state index contributed by atoms with van der Waals surface area (Å²) in [6.07, 6.45) is 2.11. The molecule has 1 aliphatic rings. The first-order chi connectivity index (χ1) is 11.5. The maximum Gasteiger partial charge on any atom is 0.196 e. The lowest BCUT2D eigenvalue weighted by atomic mass is 9.99. The van der Waals surface area contributed by atoms with E-state index in [0.717, 1.165) is 31.6 Å². The molecule has 3 nitrogen and oxygen atoms in total. The van der Waals surface area contributed by atoms with Crippen LogP contribution in [0.1, 0.15) is 28.8 Å². The summed E-state index contributed by atoms with van der Waals surface area (Å²) < 4.78 is 0. The highest BCUT2D eigenvalue weighted by Gasteiger charge is 2.21. The first-order valence-electron chi connectivity index (χ1n) is 8.08. The van der Waals surface area contributed by atoms with Gasteiger partial charge in [-0.3, -0.25) is 4.79 Å². The number of ketones is 1. The van der Waals surface area contributed by atoms with Crippen LogP contribution in [-0.4, -0.2) is 36.9 Å². The van der Waals surface area contributed by atoms with Crippen molar-refractivity contribution < 1.29 is 4.79 Å². The van der Waals surface area contributed by atoms with Gasteiger partial charge in [-0.15, -0.1) is 0 Å². The van der Waals surface area contributed by atoms with Crippen LogP contribution in [0.25, 0.3) is 0 Å². The Balaban J connectivity index is 1.88. The molecular weight excluding hydrogens is 343 g/mol. The second-order valence-corrected chi connectivity index (χ2v) is 7.06. The molecule has 0 spiro atoms. The maximum absolute atomic E-state index is 12.9. The molecule has 0 aliphatic carbocycles. The van der Waals surface area contributed by atoms with E-state index in [4.69, 9.17) is 23.2 Å². The van der Waals surface area contributed by atoms with Crippen molar-refractivity contribution in [1.29, 1.82) is 0 Å². The molecule has 0 amide bonds. The maximum atomic E-state index is 12.9. The Morgan fingerprint density at radius 2 is 1.79 bits per heavy atom. The third-order valence-corrected chi connectivity index (χ3v) is 4.99. The van der Waals surface area contributed by atoms with Crippen molar-refractivity contribution in [3.63, 3.8) is 0 Å². The molecule has 1 saturated heterocycles. The quantitative estimate of drug-likeness (QED) is 0.797. The molecule has 1 fully saturated rings. The van der Waals surface area contributed by atoms with Crippen molar-refractivity contribution in [3.8, 4) is 0 Å². The Hall–Kier alpha value is -1.55. The lowest BCUT2D eigenvalue weighted by Gasteiger charge is -2.30. The molecule has 0 unspecified atom stereocenters. The highest BCUT2D eigenvalue weighted by Crippen LogP contribution is 2.28. The summed E-state index contributed by atoms with van der Waals surface area (Å²) in [5.74, 6) is -0.112. The predicted molar refractivity (Wildman–Crippen MR) is 100 cm³/mol. The molecule has 2 aromatic carbocycles. The molecule has 0 atom stereocenters. The van der Waals surface area contributed by atoms with Gasteiger partial charge in [0.25, 0.3) is 0 Å². The number of carbonyl (C=O) groups is 1. The van der Waals surface area contributed by atoms with Crippen LogP contribution in [0.4, 0.5) is 5.69 Å². The van der Waals surface area contributed by atoms with Crippen molar-refractivity contribution in [2.75, 3.05) is 25.5 Å². The molecule has 0 bridgehead atoms. The fraction of sp³-hybridized carbons (Fsp3) is 0.316. The fourth-order valence-corrected chi connectivity index (χ4v) is 3.39. The molecule has 0 saturated carbocycles. The highest BCUT2D eigenvalue weighted by atomic mass is 35.5. The van der Waals surface area contributed by atoms with E-state index in [9.17, 15) is 4.79 Å². The number of nitrogens with one attached hydrogen (secondary N) is 1. The van der Waals surface area contributed by atoms with E-state index in [1.54, 1.807) is 18.2 Å². The van der Waals surface area contributed by atoms with E-state index in [-0.39, 0.29) is 5.78 Å². The average Bonchev–Trinajstić information content (AvgIpc) is 2.58. The molecule has 0 aromatic heterocycles. The van der Waals surface area contributed by atoms with Gasteiger partial charge in [-0.2, -0.15) is 0 Å². The van der Waals surface area contributed by atoms with E-state index in [1.807, 2.05) is 24.3 Å². The molecule has 1 heterocycles. The molecular formula is C19H20Cl2N2O. The van der Waals surface area contributed by atoms with Crippen LogP contribution in [0.2, 0.25) is 10.0 Å². The SMILES string of the molecule is CN1CCC(Nc2ccc(Cl)cc2C(=O)c2ccccc2Cl)CC1. The third-order valence-electron chi connectivity index (χ3n) is 4.42. The zero-order valence-corrected chi connectivity index (χ0v) is 15.1. The Bertz CT molecular complexity index is 740. The second kappa shape index (κ2) is 7.56. The van der Waals surface area contributed by atoms with E-state index in [1.165, 1.54) is 0 Å². The van der Waals surface area contributed by atoms with Crippen LogP contribution < -0.4 is 5.32 Å². The second-order valence-electron chi connectivity index (χ2n) is 6.22. The average molecular weight is 363 g/mol. The lowest BCUT2D eigenvalue weighted by Crippen LogP contribution is -2.37. The molecule has 5 heteroatoms. The molecule has 1 aliphatic heterocycles. The summed E-state index contributed by atoms with van der Waals surface area (Å²) in [5.41, 5.74) is 1.88. The number of carbonyl (C=O) groups excluding carboxylic acids is 1. The lowest BCUT2D eigenvalue weighted by molar-refractivity contribution is 0.103. The number of nitrogens with zero attached hydrogens (tertiary/aromatic N) is 1. The van der Waals surface area contributed by atoms with Gasteiger partial charge in [0, 0.05) is 27.9 Å². The van der Waals surface area contributed by atoms with Crippen molar-refractivity contribution >= 4 is 34.7 Å². The minimum absolute atomic E-state index is 0.112. The van der Waals surface area contributed by atoms with Crippen molar-refractivity contribution in [3.05, 3.63) is 63.6 Å². The van der Waals surface area contributed by atoms with E-state index in [2.05, 4.69) is 17.3 Å². The topological polar surface area (TPSA) is 32.3 Å². The largest absolute Gasteiger partial charge is 0.382 e. The van der Waals surface area contributed by atoms with Crippen molar-refractivity contribution in [2.45, 2.75) is 18.9 Å². The number of rotatable bonds is 4. The van der Waals surface area contributed by atoms with Crippen LogP contribution in [0.3, 0.4) is 0 Å². The monoisotopic (exact) mass is 362 g/mol. The summed E-state index contributed by atoms with van der Waals surface area (Å²) in [6, 6.07) is 12.9. The molecule has 1 N–H and O–H groups in total. The molecule has 3 rings (SSSR count). The molecule has 2 aromatic rings. The minimum Gasteiger partial charge on any atom is -0.382 e. The number of piperidine rings is 1. The third kappa shape index (κ3) is 3.92. The molecule has 0 radical (unpaired) electrons. The summed E-state index contributed by atoms with van der Waals surface area (Å²) in [6.45, 7) is 2.11. The Labute approximate surface area is 152 Å². The van der Waals surface area contributed by atoms with Crippen LogP contribution >= 0.6 is 23.2 Å². The van der Waals surface area contributed by atoms with Crippen LogP contribution in [-0.2, 0) is 0 Å². The first kappa shape index (κ1) is 17.3. The van der Waals surface area contributed by atoms with Gasteiger partial charge in [-0.05, 0) is 63.3 Å². The summed E-state index contributed by atoms with van der Waals surface area (Å²) >= 11 is 12.3. The fourth-order valence-electron chi connectivity index (χ4n) is 2.99. The summed E-state index contributed by atoms with van der Waals surface area (Å²) in [5, 5.41) is 4.51. The minimum atomic E-state index is -0.112. The summed E-state index contributed by atoms with van der Waals surface area (Å²) in [4.78, 5) is 15.3. The number of hydrogen-bond donors (Lipinski definition) is 1. The van der Waals surface area contributed by atoms with Gasteiger partial charge in [-0.1, -0.05) is 35.3 Å². The number of benzene rings is 2. The standard InChI is InChI=1S/C19H20Cl2N2O/c1-23-10-8-14(9-11-23)22-18-7-6-13(20)12-16(18)19(24)15-4-2-3-5-17(15)21/h2-7,12,14,22H,8-11H2,1H3. The molecule has 24 heavy (non-hydrogen) atoms. The number of halogens is 2. The predicted octanol–water partition coefficient (Wildman–Crippen LogP) is 4.73. The summed E-state index contributed by atoms with van der Waals surface area (Å²) in [7, 11) is 2.13. The van der Waals surface area contributed by atoms with Gasteiger partial charge in [0.2, 0.25) is 0 Å². The Kier molecular flexibility index (Phi) is 5.44. The van der Waals surface area contributed by atoms with E-state index in [0.29, 0.717) is 27.2 Å². The zero-order chi connectivity index (χ0) is 17.1. The van der Waals surface area contributed by atoms with Gasteiger partial charge in [-0.25, -0.2) is 0 Å².